The lowest BCUT2D eigenvalue weighted by molar-refractivity contribution is 0.0536. The molecule has 0 unspecified atom stereocenters. The van der Waals surface area contributed by atoms with Crippen LogP contribution in [-0.4, -0.2) is 64.7 Å². The van der Waals surface area contributed by atoms with Crippen LogP contribution in [0.2, 0.25) is 0 Å². The van der Waals surface area contributed by atoms with Crippen LogP contribution in [0.3, 0.4) is 0 Å². The molecule has 0 saturated carbocycles. The van der Waals surface area contributed by atoms with Gasteiger partial charge in [-0.15, -0.1) is 0 Å². The monoisotopic (exact) mass is 465 g/mol. The first kappa shape index (κ1) is 22.1. The molecule has 0 radical (unpaired) electrons. The average Bonchev–Trinajstić information content (AvgIpc) is 3.28. The van der Waals surface area contributed by atoms with Crippen LogP contribution in [0, 0.1) is 5.82 Å². The van der Waals surface area contributed by atoms with E-state index >= 15 is 0 Å². The summed E-state index contributed by atoms with van der Waals surface area (Å²) in [4.78, 5) is 25.6. The second-order valence-electron chi connectivity index (χ2n) is 8.26. The third kappa shape index (κ3) is 4.25. The molecule has 1 fully saturated rings. The van der Waals surface area contributed by atoms with Crippen molar-refractivity contribution in [3.8, 4) is 17.0 Å². The van der Waals surface area contributed by atoms with Crippen molar-refractivity contribution in [2.24, 2.45) is 0 Å². The number of carbonyl (C=O) groups is 1. The van der Waals surface area contributed by atoms with Gasteiger partial charge < -0.3 is 25.2 Å². The smallest absolute Gasteiger partial charge is 0.327 e. The van der Waals surface area contributed by atoms with Gasteiger partial charge in [-0.3, -0.25) is 9.88 Å². The summed E-state index contributed by atoms with van der Waals surface area (Å²) < 4.78 is 19.7. The van der Waals surface area contributed by atoms with E-state index in [2.05, 4.69) is 15.2 Å². The van der Waals surface area contributed by atoms with Crippen molar-refractivity contribution in [2.45, 2.75) is 18.6 Å². The zero-order valence-corrected chi connectivity index (χ0v) is 18.3. The van der Waals surface area contributed by atoms with Crippen LogP contribution in [-0.2, 0) is 0 Å². The number of benzene rings is 1. The molecule has 2 atom stereocenters. The van der Waals surface area contributed by atoms with Gasteiger partial charge in [-0.1, -0.05) is 12.1 Å². The Kier molecular flexibility index (Phi) is 5.99. The molecule has 3 aromatic rings. The lowest BCUT2D eigenvalue weighted by atomic mass is 10.1. The first-order valence-corrected chi connectivity index (χ1v) is 11.0. The summed E-state index contributed by atoms with van der Waals surface area (Å²) in [6, 6.07) is 11.9. The van der Waals surface area contributed by atoms with E-state index in [1.165, 1.54) is 12.3 Å². The highest BCUT2D eigenvalue weighted by Crippen LogP contribution is 2.40. The predicted molar refractivity (Wildman–Crippen MR) is 125 cm³/mol. The molecular weight excluding hydrogens is 441 g/mol. The molecule has 9 nitrogen and oxygen atoms in total. The summed E-state index contributed by atoms with van der Waals surface area (Å²) in [6.07, 6.45) is 2.30. The predicted octanol–water partition coefficient (Wildman–Crippen LogP) is 2.65. The first-order valence-electron chi connectivity index (χ1n) is 11.0. The van der Waals surface area contributed by atoms with Gasteiger partial charge in [0.1, 0.15) is 18.5 Å². The number of aliphatic hydroxyl groups excluding tert-OH is 2. The Balaban J connectivity index is 1.45. The maximum absolute atomic E-state index is 14.1. The Morgan fingerprint density at radius 2 is 2.18 bits per heavy atom. The zero-order valence-electron chi connectivity index (χ0n) is 18.3. The minimum atomic E-state index is -0.965. The molecule has 5 rings (SSSR count). The Morgan fingerprint density at radius 3 is 3.00 bits per heavy atom. The number of aliphatic hydroxyl groups is 2. The quantitative estimate of drug-likeness (QED) is 0.513. The van der Waals surface area contributed by atoms with E-state index in [1.807, 2.05) is 18.2 Å². The van der Waals surface area contributed by atoms with Crippen LogP contribution in [0.1, 0.15) is 6.42 Å². The standard InChI is InChI=1S/C24H24FN5O4/c25-19-11-26-8-6-21(19)28-24(33)30-16-7-9-29(12-16)22-5-4-20(27-23(22)30)15-2-1-3-18(10-15)34-14-17(32)13-31/h1-6,8,10-11,16-17,31-32H,7,9,12-14H2,(H,26,28,33)/t16-,17-/m0/s1. The number of halogens is 1. The van der Waals surface area contributed by atoms with Crippen molar-refractivity contribution in [3.63, 3.8) is 0 Å². The van der Waals surface area contributed by atoms with Gasteiger partial charge in [0.05, 0.1) is 35.9 Å². The number of nitrogens with one attached hydrogen (secondary N) is 1. The van der Waals surface area contributed by atoms with Gasteiger partial charge >= 0.3 is 6.03 Å². The summed E-state index contributed by atoms with van der Waals surface area (Å²) in [5, 5.41) is 21.2. The Labute approximate surface area is 195 Å². The number of hydrogen-bond acceptors (Lipinski definition) is 7. The number of aromatic nitrogens is 2. The number of urea groups is 1. The van der Waals surface area contributed by atoms with Crippen molar-refractivity contribution < 1.29 is 24.1 Å². The van der Waals surface area contributed by atoms with Crippen molar-refractivity contribution >= 4 is 23.2 Å². The number of pyridine rings is 2. The lowest BCUT2D eigenvalue weighted by Gasteiger charge is -2.36. The van der Waals surface area contributed by atoms with Crippen LogP contribution in [0.5, 0.6) is 5.75 Å². The van der Waals surface area contributed by atoms with Crippen LogP contribution in [0.25, 0.3) is 11.3 Å². The van der Waals surface area contributed by atoms with E-state index in [1.54, 1.807) is 23.1 Å². The molecule has 0 spiro atoms. The molecule has 0 aliphatic carbocycles. The van der Waals surface area contributed by atoms with Gasteiger partial charge in [-0.2, -0.15) is 0 Å². The second-order valence-corrected chi connectivity index (χ2v) is 8.26. The van der Waals surface area contributed by atoms with Crippen LogP contribution < -0.4 is 19.9 Å². The fourth-order valence-electron chi connectivity index (χ4n) is 4.27. The molecular formula is C24H24FN5O4. The van der Waals surface area contributed by atoms with Crippen LogP contribution in [0.4, 0.5) is 26.4 Å². The number of nitrogens with zero attached hydrogens (tertiary/aromatic N) is 4. The van der Waals surface area contributed by atoms with Gasteiger partial charge in [-0.25, -0.2) is 14.2 Å². The highest BCUT2D eigenvalue weighted by molar-refractivity contribution is 6.04. The Bertz CT molecular complexity index is 1210. The third-order valence-electron chi connectivity index (χ3n) is 5.97. The molecule has 1 aromatic carbocycles. The Morgan fingerprint density at radius 1 is 1.29 bits per heavy atom. The molecule has 2 aliphatic heterocycles. The first-order chi connectivity index (χ1) is 16.5. The number of rotatable bonds is 6. The molecule has 4 heterocycles. The van der Waals surface area contributed by atoms with Gasteiger partial charge in [-0.05, 0) is 36.8 Å². The molecule has 34 heavy (non-hydrogen) atoms. The molecule has 1 saturated heterocycles. The number of hydrogen-bond donors (Lipinski definition) is 3. The van der Waals surface area contributed by atoms with E-state index in [4.69, 9.17) is 14.8 Å². The van der Waals surface area contributed by atoms with Crippen LogP contribution in [0.15, 0.2) is 54.9 Å². The molecule has 10 heteroatoms. The maximum Gasteiger partial charge on any atom is 0.327 e. The van der Waals surface area contributed by atoms with E-state index in [0.717, 1.165) is 30.4 Å². The van der Waals surface area contributed by atoms with Gasteiger partial charge in [0.15, 0.2) is 11.6 Å². The number of anilines is 3. The Hall–Kier alpha value is -3.76. The fourth-order valence-corrected chi connectivity index (χ4v) is 4.27. The maximum atomic E-state index is 14.1. The van der Waals surface area contributed by atoms with Gasteiger partial charge in [0, 0.05) is 24.8 Å². The topological polar surface area (TPSA) is 111 Å². The minimum Gasteiger partial charge on any atom is -0.491 e. The second kappa shape index (κ2) is 9.24. The summed E-state index contributed by atoms with van der Waals surface area (Å²) in [5.41, 5.74) is 2.32. The van der Waals surface area contributed by atoms with E-state index in [9.17, 15) is 14.3 Å². The summed E-state index contributed by atoms with van der Waals surface area (Å²) in [6.45, 7) is 1.08. The van der Waals surface area contributed by atoms with Gasteiger partial charge in [0.2, 0.25) is 0 Å². The van der Waals surface area contributed by atoms with E-state index in [0.29, 0.717) is 23.8 Å². The van der Waals surface area contributed by atoms with Crippen molar-refractivity contribution in [3.05, 3.63) is 60.7 Å². The molecule has 176 valence electrons. The number of ether oxygens (including phenoxy) is 1. The summed E-state index contributed by atoms with van der Waals surface area (Å²) in [7, 11) is 0. The van der Waals surface area contributed by atoms with Crippen molar-refractivity contribution in [2.75, 3.05) is 41.4 Å². The normalized spacial score (nSPS) is 17.3. The lowest BCUT2D eigenvalue weighted by Crippen LogP contribution is -2.48. The number of fused-ring (bicyclic) bond motifs is 4. The summed E-state index contributed by atoms with van der Waals surface area (Å²) in [5.74, 6) is 0.433. The van der Waals surface area contributed by atoms with Crippen LogP contribution >= 0.6 is 0 Å². The molecule has 2 amide bonds. The minimum absolute atomic E-state index is 0.0340. The zero-order chi connectivity index (χ0) is 23.7. The SMILES string of the molecule is O=C(Nc1ccncc1F)N1c2nc(-c3cccc(OC[C@@H](O)CO)c3)ccc2N2CC[C@H]1C2. The van der Waals surface area contributed by atoms with E-state index < -0.39 is 18.0 Å². The molecule has 2 bridgehead atoms. The van der Waals surface area contributed by atoms with Crippen molar-refractivity contribution in [1.82, 2.24) is 9.97 Å². The third-order valence-corrected chi connectivity index (χ3v) is 5.97. The largest absolute Gasteiger partial charge is 0.491 e. The van der Waals surface area contributed by atoms with E-state index in [-0.39, 0.29) is 24.9 Å². The molecule has 2 aromatic heterocycles. The highest BCUT2D eigenvalue weighted by atomic mass is 19.1. The number of amides is 2. The van der Waals surface area contributed by atoms with Crippen molar-refractivity contribution in [1.29, 1.82) is 0 Å². The fraction of sp³-hybridized carbons (Fsp3) is 0.292. The van der Waals surface area contributed by atoms with Gasteiger partial charge in [0.25, 0.3) is 0 Å². The average molecular weight is 465 g/mol. The number of carbonyl (C=O) groups excluding carboxylic acids is 1. The molecule has 3 N–H and O–H groups in total. The highest BCUT2D eigenvalue weighted by Gasteiger charge is 2.40. The molecule has 2 aliphatic rings. The summed E-state index contributed by atoms with van der Waals surface area (Å²) >= 11 is 0.